The molecule has 0 N–H and O–H groups in total. The molecule has 2 rings (SSSR count). The van der Waals surface area contributed by atoms with Crippen LogP contribution in [0.4, 0.5) is 5.69 Å². The fourth-order valence-corrected chi connectivity index (χ4v) is 3.24. The van der Waals surface area contributed by atoms with E-state index in [0.29, 0.717) is 6.04 Å². The second-order valence-electron chi connectivity index (χ2n) is 4.71. The quantitative estimate of drug-likeness (QED) is 0.772. The summed E-state index contributed by atoms with van der Waals surface area (Å²) in [6, 6.07) is 6.90. The minimum atomic E-state index is 0.541. The normalized spacial score (nSPS) is 21.9. The Morgan fingerprint density at radius 2 is 2.18 bits per heavy atom. The van der Waals surface area contributed by atoms with Crippen molar-refractivity contribution in [2.45, 2.75) is 18.3 Å². The third-order valence-corrected chi connectivity index (χ3v) is 4.30. The molecule has 2 nitrogen and oxygen atoms in total. The first kappa shape index (κ1) is 13.2. The van der Waals surface area contributed by atoms with Crippen LogP contribution in [0.2, 0.25) is 5.02 Å². The van der Waals surface area contributed by atoms with Gasteiger partial charge in [-0.25, -0.2) is 0 Å². The van der Waals surface area contributed by atoms with Crippen LogP contribution in [0.15, 0.2) is 18.2 Å². The van der Waals surface area contributed by atoms with E-state index in [0.717, 1.165) is 35.6 Å². The van der Waals surface area contributed by atoms with Crippen molar-refractivity contribution in [1.82, 2.24) is 4.90 Å². The van der Waals surface area contributed by atoms with Crippen LogP contribution in [-0.2, 0) is 5.33 Å². The maximum atomic E-state index is 6.26. The fourth-order valence-electron chi connectivity index (χ4n) is 2.35. The molecule has 17 heavy (non-hydrogen) atoms. The van der Waals surface area contributed by atoms with Crippen LogP contribution in [0.25, 0.3) is 0 Å². The zero-order chi connectivity index (χ0) is 12.4. The number of nitrogens with zero attached hydrogens (tertiary/aromatic N) is 2. The molecule has 1 saturated heterocycles. The summed E-state index contributed by atoms with van der Waals surface area (Å²) in [7, 11) is 2.18. The molecule has 1 fully saturated rings. The third kappa shape index (κ3) is 2.95. The fraction of sp³-hybridized carbons (Fsp3) is 0.538. The number of alkyl halides is 1. The Balaban J connectivity index is 2.19. The van der Waals surface area contributed by atoms with E-state index >= 15 is 0 Å². The lowest BCUT2D eigenvalue weighted by Crippen LogP contribution is -2.50. The van der Waals surface area contributed by atoms with Crippen molar-refractivity contribution in [2.75, 3.05) is 31.6 Å². The highest BCUT2D eigenvalue weighted by molar-refractivity contribution is 9.08. The summed E-state index contributed by atoms with van der Waals surface area (Å²) in [4.78, 5) is 4.81. The summed E-state index contributed by atoms with van der Waals surface area (Å²) < 4.78 is 0. The summed E-state index contributed by atoms with van der Waals surface area (Å²) in [6.07, 6.45) is 0. The molecule has 1 unspecified atom stereocenters. The van der Waals surface area contributed by atoms with E-state index in [9.17, 15) is 0 Å². The van der Waals surface area contributed by atoms with Gasteiger partial charge in [-0.3, -0.25) is 0 Å². The highest BCUT2D eigenvalue weighted by Gasteiger charge is 2.21. The largest absolute Gasteiger partial charge is 0.366 e. The van der Waals surface area contributed by atoms with Crippen LogP contribution >= 0.6 is 27.5 Å². The number of benzene rings is 1. The van der Waals surface area contributed by atoms with Crippen LogP contribution in [0.5, 0.6) is 0 Å². The zero-order valence-corrected chi connectivity index (χ0v) is 12.6. The van der Waals surface area contributed by atoms with E-state index in [1.165, 1.54) is 5.69 Å². The van der Waals surface area contributed by atoms with Crippen molar-refractivity contribution in [1.29, 1.82) is 0 Å². The number of halogens is 2. The van der Waals surface area contributed by atoms with Gasteiger partial charge in [0.1, 0.15) is 0 Å². The molecule has 1 heterocycles. The van der Waals surface area contributed by atoms with Gasteiger partial charge < -0.3 is 9.80 Å². The van der Waals surface area contributed by atoms with Gasteiger partial charge in [0.2, 0.25) is 0 Å². The smallest absolute Gasteiger partial charge is 0.0467 e. The minimum absolute atomic E-state index is 0.541. The number of hydrogen-bond acceptors (Lipinski definition) is 2. The summed E-state index contributed by atoms with van der Waals surface area (Å²) in [5.74, 6) is 0. The summed E-state index contributed by atoms with van der Waals surface area (Å²) in [5.41, 5.74) is 2.39. The monoisotopic (exact) mass is 316 g/mol. The zero-order valence-electron chi connectivity index (χ0n) is 10.3. The van der Waals surface area contributed by atoms with Crippen molar-refractivity contribution in [3.63, 3.8) is 0 Å². The predicted octanol–water partition coefficient (Wildman–Crippen LogP) is 3.38. The van der Waals surface area contributed by atoms with Gasteiger partial charge in [0, 0.05) is 41.7 Å². The molecule has 94 valence electrons. The second-order valence-corrected chi connectivity index (χ2v) is 5.68. The first-order valence-corrected chi connectivity index (χ1v) is 7.41. The van der Waals surface area contributed by atoms with Crippen molar-refractivity contribution in [2.24, 2.45) is 0 Å². The number of anilines is 1. The molecule has 1 aromatic carbocycles. The molecular weight excluding hydrogens is 300 g/mol. The van der Waals surface area contributed by atoms with E-state index < -0.39 is 0 Å². The van der Waals surface area contributed by atoms with Gasteiger partial charge >= 0.3 is 0 Å². The van der Waals surface area contributed by atoms with E-state index in [4.69, 9.17) is 11.6 Å². The first-order chi connectivity index (χ1) is 8.11. The predicted molar refractivity (Wildman–Crippen MR) is 78.4 cm³/mol. The topological polar surface area (TPSA) is 6.48 Å². The van der Waals surface area contributed by atoms with Gasteiger partial charge in [0.25, 0.3) is 0 Å². The molecule has 0 spiro atoms. The van der Waals surface area contributed by atoms with Crippen molar-refractivity contribution in [3.05, 3.63) is 28.8 Å². The Bertz CT molecular complexity index is 397. The Kier molecular flexibility index (Phi) is 4.34. The lowest BCUT2D eigenvalue weighted by molar-refractivity contribution is 0.275. The van der Waals surface area contributed by atoms with Crippen molar-refractivity contribution in [3.8, 4) is 0 Å². The molecule has 4 heteroatoms. The van der Waals surface area contributed by atoms with E-state index in [2.05, 4.69) is 57.9 Å². The van der Waals surface area contributed by atoms with Crippen LogP contribution < -0.4 is 4.90 Å². The Morgan fingerprint density at radius 1 is 1.41 bits per heavy atom. The Labute approximate surface area is 117 Å². The maximum Gasteiger partial charge on any atom is 0.0467 e. The minimum Gasteiger partial charge on any atom is -0.366 e. The molecule has 0 aromatic heterocycles. The van der Waals surface area contributed by atoms with Gasteiger partial charge in [0.15, 0.2) is 0 Å². The molecule has 0 radical (unpaired) electrons. The molecule has 0 aliphatic carbocycles. The highest BCUT2D eigenvalue weighted by Crippen LogP contribution is 2.27. The molecule has 1 atom stereocenters. The highest BCUT2D eigenvalue weighted by atomic mass is 79.9. The average molecular weight is 318 g/mol. The van der Waals surface area contributed by atoms with E-state index in [1.54, 1.807) is 0 Å². The molecule has 0 saturated carbocycles. The van der Waals surface area contributed by atoms with E-state index in [-0.39, 0.29) is 0 Å². The summed E-state index contributed by atoms with van der Waals surface area (Å²) in [5, 5.41) is 1.66. The van der Waals surface area contributed by atoms with Gasteiger partial charge in [-0.15, -0.1) is 0 Å². The number of piperazine rings is 1. The van der Waals surface area contributed by atoms with Gasteiger partial charge in [-0.1, -0.05) is 33.6 Å². The van der Waals surface area contributed by atoms with E-state index in [1.807, 2.05) is 0 Å². The second kappa shape index (κ2) is 5.59. The Hall–Kier alpha value is -0.250. The lowest BCUT2D eigenvalue weighted by Gasteiger charge is -2.40. The molecule has 0 bridgehead atoms. The lowest BCUT2D eigenvalue weighted by atomic mass is 10.1. The molecule has 0 amide bonds. The van der Waals surface area contributed by atoms with Crippen LogP contribution in [0.1, 0.15) is 12.5 Å². The number of rotatable bonds is 2. The van der Waals surface area contributed by atoms with Gasteiger partial charge in [-0.05, 0) is 31.7 Å². The van der Waals surface area contributed by atoms with Crippen LogP contribution in [0, 0.1) is 0 Å². The standard InChI is InChI=1S/C13H18BrClN2/c1-10-9-16(2)5-6-17(10)12-4-3-11(8-14)13(15)7-12/h3-4,7,10H,5-6,8-9H2,1-2H3. The SMILES string of the molecule is CC1CN(C)CCN1c1ccc(CBr)c(Cl)c1. The Morgan fingerprint density at radius 3 is 2.76 bits per heavy atom. The maximum absolute atomic E-state index is 6.26. The average Bonchev–Trinajstić information content (AvgIpc) is 2.29. The van der Waals surface area contributed by atoms with Crippen LogP contribution in [0.3, 0.4) is 0 Å². The molecule has 1 aromatic rings. The molecule has 1 aliphatic rings. The third-order valence-electron chi connectivity index (χ3n) is 3.34. The van der Waals surface area contributed by atoms with Crippen molar-refractivity contribution < 1.29 is 0 Å². The van der Waals surface area contributed by atoms with Gasteiger partial charge in [0.05, 0.1) is 0 Å². The summed E-state index contributed by atoms with van der Waals surface area (Å²) in [6.45, 7) is 5.56. The molecular formula is C13H18BrClN2. The van der Waals surface area contributed by atoms with Crippen LogP contribution in [-0.4, -0.2) is 37.6 Å². The van der Waals surface area contributed by atoms with Gasteiger partial charge in [-0.2, -0.15) is 0 Å². The first-order valence-electron chi connectivity index (χ1n) is 5.91. The number of likely N-dealkylation sites (N-methyl/N-ethyl adjacent to an activating group) is 1. The summed E-state index contributed by atoms with van der Waals surface area (Å²) >= 11 is 9.70. The van der Waals surface area contributed by atoms with Crippen molar-refractivity contribution >= 4 is 33.2 Å². The molecule has 1 aliphatic heterocycles. The number of hydrogen-bond donors (Lipinski definition) is 0.